The Morgan fingerprint density at radius 2 is 1.78 bits per heavy atom. The molecule has 194 valence electrons. The first-order valence-electron chi connectivity index (χ1n) is 13.3. The number of hydrogen-bond acceptors (Lipinski definition) is 4. The van der Waals surface area contributed by atoms with Crippen LogP contribution in [-0.2, 0) is 11.2 Å². The molecule has 3 fully saturated rings. The van der Waals surface area contributed by atoms with E-state index in [1.807, 2.05) is 45.9 Å². The Labute approximate surface area is 214 Å². The van der Waals surface area contributed by atoms with Crippen molar-refractivity contribution in [2.75, 3.05) is 19.6 Å². The molecule has 36 heavy (non-hydrogen) atoms. The van der Waals surface area contributed by atoms with E-state index in [4.69, 9.17) is 9.47 Å². The number of piperidine rings is 3. The summed E-state index contributed by atoms with van der Waals surface area (Å²) in [5.41, 5.74) is 5.09. The van der Waals surface area contributed by atoms with Gasteiger partial charge < -0.3 is 14.8 Å². The number of alkyl carbamates (subject to hydrolysis) is 1. The van der Waals surface area contributed by atoms with Crippen molar-refractivity contribution in [2.24, 2.45) is 11.3 Å². The third kappa shape index (κ3) is 4.72. The Morgan fingerprint density at radius 3 is 2.36 bits per heavy atom. The largest absolute Gasteiger partial charge is 0.490 e. The molecule has 4 aliphatic rings. The molecule has 1 N–H and O–H groups in total. The van der Waals surface area contributed by atoms with Crippen LogP contribution in [0.25, 0.3) is 11.1 Å². The van der Waals surface area contributed by atoms with Gasteiger partial charge in [0.1, 0.15) is 17.7 Å². The molecule has 3 aliphatic heterocycles. The molecule has 0 unspecified atom stereocenters. The van der Waals surface area contributed by atoms with Gasteiger partial charge in [0.25, 0.3) is 0 Å². The molecular formula is C30H39FN2O3. The third-order valence-electron chi connectivity index (χ3n) is 8.21. The number of benzene rings is 2. The molecule has 1 amide bonds. The SMILES string of the molecule is Cc1cc(-c2cc3c(cc2F)[C@H](NC(=O)O[C@@H]2CN4CCC2CC4)C(C)(C)C3)cc(C)c1OC(C)C. The number of nitrogens with one attached hydrogen (secondary N) is 1. The first kappa shape index (κ1) is 25.1. The van der Waals surface area contributed by atoms with Crippen molar-refractivity contribution in [2.45, 2.75) is 79.1 Å². The number of carbonyl (C=O) groups excluding carboxylic acids is 1. The van der Waals surface area contributed by atoms with Gasteiger partial charge >= 0.3 is 6.09 Å². The summed E-state index contributed by atoms with van der Waals surface area (Å²) in [6.45, 7) is 15.3. The van der Waals surface area contributed by atoms with Crippen LogP contribution >= 0.6 is 0 Å². The van der Waals surface area contributed by atoms with Crippen LogP contribution in [0.2, 0.25) is 0 Å². The van der Waals surface area contributed by atoms with E-state index in [0.717, 1.165) is 72.5 Å². The normalized spacial score (nSPS) is 26.1. The molecule has 5 nitrogen and oxygen atoms in total. The number of nitrogens with zero attached hydrogens (tertiary/aromatic N) is 1. The lowest BCUT2D eigenvalue weighted by molar-refractivity contribution is -0.0349. The molecule has 3 heterocycles. The Morgan fingerprint density at radius 1 is 1.11 bits per heavy atom. The average Bonchev–Trinajstić information content (AvgIpc) is 3.05. The van der Waals surface area contributed by atoms with Crippen LogP contribution < -0.4 is 10.1 Å². The van der Waals surface area contributed by atoms with Crippen LogP contribution in [0.5, 0.6) is 5.75 Å². The Hall–Kier alpha value is -2.60. The van der Waals surface area contributed by atoms with Gasteiger partial charge in [-0.15, -0.1) is 0 Å². The maximum Gasteiger partial charge on any atom is 0.407 e. The summed E-state index contributed by atoms with van der Waals surface area (Å²) in [7, 11) is 0. The minimum absolute atomic E-state index is 0.0512. The van der Waals surface area contributed by atoms with Gasteiger partial charge in [-0.2, -0.15) is 0 Å². The van der Waals surface area contributed by atoms with Crippen LogP contribution in [0.15, 0.2) is 24.3 Å². The topological polar surface area (TPSA) is 50.8 Å². The lowest BCUT2D eigenvalue weighted by Crippen LogP contribution is -2.53. The van der Waals surface area contributed by atoms with E-state index in [1.54, 1.807) is 6.07 Å². The quantitative estimate of drug-likeness (QED) is 0.527. The number of rotatable bonds is 5. The molecule has 0 aromatic heterocycles. The van der Waals surface area contributed by atoms with Gasteiger partial charge in [0.15, 0.2) is 0 Å². The fraction of sp³-hybridized carbons (Fsp3) is 0.567. The first-order valence-corrected chi connectivity index (χ1v) is 13.3. The van der Waals surface area contributed by atoms with Crippen molar-refractivity contribution < 1.29 is 18.7 Å². The number of halogens is 1. The number of fused-ring (bicyclic) bond motifs is 4. The lowest BCUT2D eigenvalue weighted by Gasteiger charge is -2.44. The van der Waals surface area contributed by atoms with Crippen LogP contribution in [0.4, 0.5) is 9.18 Å². The monoisotopic (exact) mass is 494 g/mol. The predicted octanol–water partition coefficient (Wildman–Crippen LogP) is 6.34. The van der Waals surface area contributed by atoms with E-state index in [1.165, 1.54) is 0 Å². The summed E-state index contributed by atoms with van der Waals surface area (Å²) in [5.74, 6) is 1.04. The van der Waals surface area contributed by atoms with Crippen LogP contribution in [0.3, 0.4) is 0 Å². The summed E-state index contributed by atoms with van der Waals surface area (Å²) in [5, 5.41) is 3.10. The smallest absolute Gasteiger partial charge is 0.407 e. The van der Waals surface area contributed by atoms with E-state index in [-0.39, 0.29) is 29.5 Å². The molecule has 2 bridgehead atoms. The van der Waals surface area contributed by atoms with Gasteiger partial charge in [-0.05, 0) is 123 Å². The van der Waals surface area contributed by atoms with Gasteiger partial charge in [-0.3, -0.25) is 4.90 Å². The minimum atomic E-state index is -0.392. The molecule has 0 spiro atoms. The maximum atomic E-state index is 15.6. The van der Waals surface area contributed by atoms with Crippen LogP contribution in [-0.4, -0.2) is 42.8 Å². The standard InChI is InChI=1S/C30H39FN2O3/c1-17(2)35-27-18(3)11-21(12-19(27)4)23-13-22-15-30(5,6)28(24(22)14-25(23)31)32-29(34)36-26-16-33-9-7-20(26)8-10-33/h11-14,17,20,26,28H,7-10,15-16H2,1-6H3,(H,32,34)/t26-,28+/m1/s1. The zero-order valence-corrected chi connectivity index (χ0v) is 22.4. The molecular weight excluding hydrogens is 455 g/mol. The zero-order valence-electron chi connectivity index (χ0n) is 22.4. The predicted molar refractivity (Wildman–Crippen MR) is 140 cm³/mol. The van der Waals surface area contributed by atoms with E-state index < -0.39 is 6.09 Å². The molecule has 3 saturated heterocycles. The summed E-state index contributed by atoms with van der Waals surface area (Å²) in [6, 6.07) is 7.27. The fourth-order valence-corrected chi connectivity index (χ4v) is 6.42. The summed E-state index contributed by atoms with van der Waals surface area (Å²) in [4.78, 5) is 15.3. The highest BCUT2D eigenvalue weighted by Crippen LogP contribution is 2.47. The minimum Gasteiger partial charge on any atom is -0.490 e. The van der Waals surface area contributed by atoms with Crippen LogP contribution in [0.1, 0.15) is 68.8 Å². The highest BCUT2D eigenvalue weighted by Gasteiger charge is 2.42. The van der Waals surface area contributed by atoms with Gasteiger partial charge in [0.05, 0.1) is 12.1 Å². The van der Waals surface area contributed by atoms with Gasteiger partial charge in [-0.1, -0.05) is 13.8 Å². The van der Waals surface area contributed by atoms with Crippen molar-refractivity contribution in [1.29, 1.82) is 0 Å². The number of amides is 1. The zero-order chi connectivity index (χ0) is 25.8. The molecule has 2 atom stereocenters. The fourth-order valence-electron chi connectivity index (χ4n) is 6.42. The maximum absolute atomic E-state index is 15.6. The molecule has 2 aromatic carbocycles. The second-order valence-corrected chi connectivity index (χ2v) is 12.0. The van der Waals surface area contributed by atoms with Crippen molar-refractivity contribution >= 4 is 6.09 Å². The van der Waals surface area contributed by atoms with Crippen LogP contribution in [0, 0.1) is 31.0 Å². The second kappa shape index (κ2) is 9.37. The summed E-state index contributed by atoms with van der Waals surface area (Å²) in [6.07, 6.45) is 2.57. The molecule has 2 aromatic rings. The lowest BCUT2D eigenvalue weighted by atomic mass is 9.85. The molecule has 0 saturated carbocycles. The van der Waals surface area contributed by atoms with E-state index in [9.17, 15) is 4.79 Å². The van der Waals surface area contributed by atoms with E-state index in [2.05, 4.69) is 24.1 Å². The molecule has 1 aliphatic carbocycles. The summed E-state index contributed by atoms with van der Waals surface area (Å²) < 4.78 is 27.4. The van der Waals surface area contributed by atoms with Crippen molar-refractivity contribution in [3.05, 3.63) is 52.3 Å². The number of ether oxygens (including phenoxy) is 2. The van der Waals surface area contributed by atoms with Gasteiger partial charge in [-0.25, -0.2) is 9.18 Å². The van der Waals surface area contributed by atoms with E-state index >= 15 is 4.39 Å². The number of carbonyl (C=O) groups is 1. The highest BCUT2D eigenvalue weighted by atomic mass is 19.1. The molecule has 6 heteroatoms. The first-order chi connectivity index (χ1) is 17.0. The Bertz CT molecular complexity index is 1140. The molecule has 0 radical (unpaired) electrons. The molecule has 6 rings (SSSR count). The number of hydrogen-bond donors (Lipinski definition) is 1. The Kier molecular flexibility index (Phi) is 6.52. The summed E-state index contributed by atoms with van der Waals surface area (Å²) >= 11 is 0. The van der Waals surface area contributed by atoms with Crippen molar-refractivity contribution in [3.63, 3.8) is 0 Å². The average molecular weight is 495 g/mol. The van der Waals surface area contributed by atoms with Crippen molar-refractivity contribution in [3.8, 4) is 16.9 Å². The third-order valence-corrected chi connectivity index (χ3v) is 8.21. The van der Waals surface area contributed by atoms with Gasteiger partial charge in [0, 0.05) is 12.1 Å². The van der Waals surface area contributed by atoms with Gasteiger partial charge in [0.2, 0.25) is 0 Å². The van der Waals surface area contributed by atoms with Crippen molar-refractivity contribution in [1.82, 2.24) is 10.2 Å². The second-order valence-electron chi connectivity index (χ2n) is 12.0. The van der Waals surface area contributed by atoms with E-state index in [0.29, 0.717) is 11.5 Å². The number of aryl methyl sites for hydroxylation is 2. The Balaban J connectivity index is 1.38. The highest BCUT2D eigenvalue weighted by molar-refractivity contribution is 5.72.